The summed E-state index contributed by atoms with van der Waals surface area (Å²) in [6.45, 7) is 3.83. The molecule has 22 heavy (non-hydrogen) atoms. The number of nitrogens with zero attached hydrogens (tertiary/aromatic N) is 2. The number of morpholine rings is 1. The molecule has 0 bridgehead atoms. The molecule has 0 radical (unpaired) electrons. The summed E-state index contributed by atoms with van der Waals surface area (Å²) in [7, 11) is 3.76. The number of carbonyl (C=O) groups is 1. The maximum atomic E-state index is 12.3. The van der Waals surface area contributed by atoms with Crippen molar-refractivity contribution in [2.75, 3.05) is 46.9 Å². The third-order valence-corrected chi connectivity index (χ3v) is 4.11. The fraction of sp³-hybridized carbons (Fsp3) is 0.588. The first-order valence-electron chi connectivity index (χ1n) is 7.67. The number of aryl methyl sites for hydroxylation is 1. The van der Waals surface area contributed by atoms with Crippen LogP contribution in [0.5, 0.6) is 0 Å². The summed E-state index contributed by atoms with van der Waals surface area (Å²) in [6.07, 6.45) is 0.613. The Bertz CT molecular complexity index is 518. The van der Waals surface area contributed by atoms with E-state index in [9.17, 15) is 9.90 Å². The topological polar surface area (TPSA) is 53.0 Å². The van der Waals surface area contributed by atoms with Crippen molar-refractivity contribution in [3.63, 3.8) is 0 Å². The fourth-order valence-corrected chi connectivity index (χ4v) is 2.84. The zero-order valence-corrected chi connectivity index (χ0v) is 13.7. The van der Waals surface area contributed by atoms with Gasteiger partial charge >= 0.3 is 0 Å². The number of benzene rings is 1. The molecular formula is C17H26N2O3. The van der Waals surface area contributed by atoms with Crippen LogP contribution in [0.3, 0.4) is 0 Å². The molecule has 1 N–H and O–H groups in total. The van der Waals surface area contributed by atoms with Gasteiger partial charge in [-0.3, -0.25) is 4.79 Å². The Kier molecular flexibility index (Phi) is 5.56. The minimum Gasteiger partial charge on any atom is -0.393 e. The van der Waals surface area contributed by atoms with Crippen molar-refractivity contribution in [2.24, 2.45) is 0 Å². The number of carbonyl (C=O) groups excluding carboxylic acids is 1. The highest BCUT2D eigenvalue weighted by Crippen LogP contribution is 2.24. The van der Waals surface area contributed by atoms with Gasteiger partial charge in [-0.05, 0) is 32.1 Å². The molecule has 0 unspecified atom stereocenters. The fourth-order valence-electron chi connectivity index (χ4n) is 2.84. The SMILES string of the molecule is Cc1ccccc1C[C@@]1(CO)CN(C(=O)CN(C)C)CCO1. The van der Waals surface area contributed by atoms with E-state index >= 15 is 0 Å². The Morgan fingerprint density at radius 2 is 2.14 bits per heavy atom. The van der Waals surface area contributed by atoms with Gasteiger partial charge in [0.05, 0.1) is 26.3 Å². The molecule has 1 heterocycles. The van der Waals surface area contributed by atoms with Crippen LogP contribution < -0.4 is 0 Å². The second-order valence-electron chi connectivity index (χ2n) is 6.35. The molecule has 5 heteroatoms. The van der Waals surface area contributed by atoms with Crippen LogP contribution >= 0.6 is 0 Å². The number of likely N-dealkylation sites (N-methyl/N-ethyl adjacent to an activating group) is 1. The molecule has 122 valence electrons. The Morgan fingerprint density at radius 3 is 2.77 bits per heavy atom. The minimum atomic E-state index is -0.702. The molecule has 1 saturated heterocycles. The van der Waals surface area contributed by atoms with Crippen molar-refractivity contribution in [3.8, 4) is 0 Å². The number of amides is 1. The normalized spacial score (nSPS) is 22.1. The molecule has 1 aromatic rings. The van der Waals surface area contributed by atoms with Crippen LogP contribution in [0.2, 0.25) is 0 Å². The van der Waals surface area contributed by atoms with E-state index in [1.165, 1.54) is 5.56 Å². The number of hydrogen-bond donors (Lipinski definition) is 1. The van der Waals surface area contributed by atoms with Gasteiger partial charge < -0.3 is 19.6 Å². The van der Waals surface area contributed by atoms with E-state index < -0.39 is 5.60 Å². The lowest BCUT2D eigenvalue weighted by atomic mass is 9.91. The summed E-state index contributed by atoms with van der Waals surface area (Å²) in [5, 5.41) is 9.90. The molecule has 1 aliphatic rings. The maximum absolute atomic E-state index is 12.3. The third-order valence-electron chi connectivity index (χ3n) is 4.11. The summed E-state index contributed by atoms with van der Waals surface area (Å²) in [4.78, 5) is 15.9. The molecule has 0 saturated carbocycles. The molecule has 5 nitrogen and oxygen atoms in total. The average Bonchev–Trinajstić information content (AvgIpc) is 2.49. The number of aliphatic hydroxyl groups excluding tert-OH is 1. The Hall–Kier alpha value is -1.43. The highest BCUT2D eigenvalue weighted by atomic mass is 16.5. The van der Waals surface area contributed by atoms with Gasteiger partial charge in [-0.2, -0.15) is 0 Å². The molecule has 1 fully saturated rings. The summed E-state index contributed by atoms with van der Waals surface area (Å²) < 4.78 is 5.90. The maximum Gasteiger partial charge on any atom is 0.236 e. The zero-order valence-electron chi connectivity index (χ0n) is 13.7. The van der Waals surface area contributed by atoms with E-state index in [1.54, 1.807) is 4.90 Å². The van der Waals surface area contributed by atoms with Gasteiger partial charge in [0.2, 0.25) is 5.91 Å². The van der Waals surface area contributed by atoms with E-state index in [-0.39, 0.29) is 12.5 Å². The first-order chi connectivity index (χ1) is 10.5. The number of aliphatic hydroxyl groups is 1. The van der Waals surface area contributed by atoms with E-state index in [0.717, 1.165) is 5.56 Å². The third kappa shape index (κ3) is 4.06. The van der Waals surface area contributed by atoms with Crippen molar-refractivity contribution in [2.45, 2.75) is 18.9 Å². The van der Waals surface area contributed by atoms with Crippen LogP contribution in [-0.4, -0.2) is 73.4 Å². The number of hydrogen-bond acceptors (Lipinski definition) is 4. The Labute approximate surface area is 132 Å². The molecule has 0 aliphatic carbocycles. The number of rotatable bonds is 5. The summed E-state index contributed by atoms with van der Waals surface area (Å²) >= 11 is 0. The van der Waals surface area contributed by atoms with Gasteiger partial charge in [0.1, 0.15) is 5.60 Å². The lowest BCUT2D eigenvalue weighted by Gasteiger charge is -2.42. The largest absolute Gasteiger partial charge is 0.393 e. The minimum absolute atomic E-state index is 0.0795. The predicted molar refractivity (Wildman–Crippen MR) is 85.8 cm³/mol. The van der Waals surface area contributed by atoms with Gasteiger partial charge in [-0.25, -0.2) is 0 Å². The molecule has 0 aromatic heterocycles. The first-order valence-corrected chi connectivity index (χ1v) is 7.67. The summed E-state index contributed by atoms with van der Waals surface area (Å²) in [5.74, 6) is 0.0795. The smallest absolute Gasteiger partial charge is 0.236 e. The molecule has 2 rings (SSSR count). The van der Waals surface area contributed by atoms with E-state index in [1.807, 2.05) is 31.1 Å². The lowest BCUT2D eigenvalue weighted by molar-refractivity contribution is -0.158. The first kappa shape index (κ1) is 16.9. The Morgan fingerprint density at radius 1 is 1.41 bits per heavy atom. The van der Waals surface area contributed by atoms with Gasteiger partial charge in [0.25, 0.3) is 0 Å². The number of ether oxygens (including phenoxy) is 1. The van der Waals surface area contributed by atoms with E-state index in [0.29, 0.717) is 32.7 Å². The highest BCUT2D eigenvalue weighted by Gasteiger charge is 2.38. The second kappa shape index (κ2) is 7.22. The van der Waals surface area contributed by atoms with Crippen LogP contribution in [-0.2, 0) is 16.0 Å². The summed E-state index contributed by atoms with van der Waals surface area (Å²) in [6, 6.07) is 8.10. The van der Waals surface area contributed by atoms with Crippen LogP contribution in [0.4, 0.5) is 0 Å². The molecule has 1 atom stereocenters. The lowest BCUT2D eigenvalue weighted by Crippen LogP contribution is -2.58. The zero-order chi connectivity index (χ0) is 16.2. The molecule has 0 spiro atoms. The highest BCUT2D eigenvalue weighted by molar-refractivity contribution is 5.78. The monoisotopic (exact) mass is 306 g/mol. The average molecular weight is 306 g/mol. The molecule has 1 aliphatic heterocycles. The molecular weight excluding hydrogens is 280 g/mol. The van der Waals surface area contributed by atoms with Gasteiger partial charge in [-0.1, -0.05) is 24.3 Å². The Balaban J connectivity index is 2.12. The standard InChI is InChI=1S/C17H26N2O3/c1-14-6-4-5-7-15(14)10-17(13-20)12-19(8-9-22-17)16(21)11-18(2)3/h4-7,20H,8-13H2,1-3H3/t17-/m0/s1. The van der Waals surface area contributed by atoms with Crippen LogP contribution in [0, 0.1) is 6.92 Å². The van der Waals surface area contributed by atoms with E-state index in [4.69, 9.17) is 4.74 Å². The quantitative estimate of drug-likeness (QED) is 0.869. The van der Waals surface area contributed by atoms with Crippen molar-refractivity contribution in [1.29, 1.82) is 0 Å². The van der Waals surface area contributed by atoms with Crippen molar-refractivity contribution in [1.82, 2.24) is 9.80 Å². The van der Waals surface area contributed by atoms with E-state index in [2.05, 4.69) is 19.1 Å². The van der Waals surface area contributed by atoms with Crippen LogP contribution in [0.25, 0.3) is 0 Å². The van der Waals surface area contributed by atoms with Crippen molar-refractivity contribution < 1.29 is 14.6 Å². The predicted octanol–water partition coefficient (Wildman–Crippen LogP) is 0.689. The van der Waals surface area contributed by atoms with Gasteiger partial charge in [0.15, 0.2) is 0 Å². The second-order valence-corrected chi connectivity index (χ2v) is 6.35. The summed E-state index contributed by atoms with van der Waals surface area (Å²) in [5.41, 5.74) is 1.63. The molecule has 1 amide bonds. The van der Waals surface area contributed by atoms with Crippen LogP contribution in [0.1, 0.15) is 11.1 Å². The van der Waals surface area contributed by atoms with Crippen molar-refractivity contribution in [3.05, 3.63) is 35.4 Å². The van der Waals surface area contributed by atoms with Crippen molar-refractivity contribution >= 4 is 5.91 Å². The van der Waals surface area contributed by atoms with Crippen LogP contribution in [0.15, 0.2) is 24.3 Å². The van der Waals surface area contributed by atoms with Gasteiger partial charge in [-0.15, -0.1) is 0 Å². The van der Waals surface area contributed by atoms with Gasteiger partial charge in [0, 0.05) is 13.0 Å². The molecule has 1 aromatic carbocycles.